The van der Waals surface area contributed by atoms with Crippen LogP contribution >= 0.6 is 0 Å². The van der Waals surface area contributed by atoms with Crippen LogP contribution in [0, 0.1) is 29.6 Å². The van der Waals surface area contributed by atoms with Crippen molar-refractivity contribution in [1.29, 1.82) is 0 Å². The van der Waals surface area contributed by atoms with Gasteiger partial charge in [-0.2, -0.15) is 0 Å². The first-order valence-electron chi connectivity index (χ1n) is 21.0. The van der Waals surface area contributed by atoms with E-state index in [1.807, 2.05) is 45.1 Å². The number of esters is 1. The largest absolute Gasteiger partial charge is 0.460 e. The van der Waals surface area contributed by atoms with E-state index in [2.05, 4.69) is 13.0 Å². The maximum absolute atomic E-state index is 14.1. The number of methoxy groups -OCH3 is 1. The summed E-state index contributed by atoms with van der Waals surface area (Å²) in [5, 5.41) is 33.1. The van der Waals surface area contributed by atoms with Gasteiger partial charge >= 0.3 is 5.97 Å². The Morgan fingerprint density at radius 3 is 2.33 bits per heavy atom. The lowest BCUT2D eigenvalue weighted by Gasteiger charge is -2.42. The van der Waals surface area contributed by atoms with E-state index < -0.39 is 53.7 Å². The molecule has 1 amide bonds. The van der Waals surface area contributed by atoms with E-state index in [-0.39, 0.29) is 55.1 Å². The van der Waals surface area contributed by atoms with Gasteiger partial charge in [0.05, 0.1) is 24.4 Å². The molecule has 0 aromatic rings. The van der Waals surface area contributed by atoms with Crippen LogP contribution in [0.1, 0.15) is 131 Å². The Morgan fingerprint density at radius 2 is 1.62 bits per heavy atom. The number of nitrogens with zero attached hydrogens (tertiary/aromatic N) is 1. The van der Waals surface area contributed by atoms with E-state index in [1.165, 1.54) is 4.90 Å². The molecule has 2 bridgehead atoms. The number of aliphatic hydroxyl groups is 3. The maximum atomic E-state index is 14.1. The number of hydrogen-bond acceptors (Lipinski definition) is 10. The third-order valence-corrected chi connectivity index (χ3v) is 12.8. The number of allylic oxidation sites excluding steroid dienone is 5. The number of rotatable bonds is 4. The molecule has 3 heterocycles. The number of carbonyl (C=O) groups excluding carboxylic acids is 4. The highest BCUT2D eigenvalue weighted by atomic mass is 16.6. The van der Waals surface area contributed by atoms with Crippen molar-refractivity contribution in [3.63, 3.8) is 0 Å². The van der Waals surface area contributed by atoms with Crippen LogP contribution in [-0.4, -0.2) is 99.7 Å². The van der Waals surface area contributed by atoms with Crippen molar-refractivity contribution in [3.05, 3.63) is 36.0 Å². The molecule has 1 aliphatic carbocycles. The molecule has 0 radical (unpaired) electrons. The van der Waals surface area contributed by atoms with Gasteiger partial charge in [0.2, 0.25) is 5.79 Å². The maximum Gasteiger partial charge on any atom is 0.329 e. The third kappa shape index (κ3) is 12.6. The number of amides is 1. The Bertz CT molecular complexity index is 1380. The Kier molecular flexibility index (Phi) is 17.3. The van der Waals surface area contributed by atoms with Gasteiger partial charge in [-0.25, -0.2) is 4.79 Å². The number of carbonyl (C=O) groups is 4. The topological polar surface area (TPSA) is 160 Å². The number of ketones is 2. The van der Waals surface area contributed by atoms with Crippen molar-refractivity contribution in [1.82, 2.24) is 4.90 Å². The molecular formula is C44H69NO10. The highest BCUT2D eigenvalue weighted by Gasteiger charge is 2.53. The van der Waals surface area contributed by atoms with Gasteiger partial charge in [0.15, 0.2) is 0 Å². The lowest BCUT2D eigenvalue weighted by Crippen LogP contribution is -2.61. The molecule has 3 N–H and O–H groups in total. The highest BCUT2D eigenvalue weighted by molar-refractivity contribution is 6.39. The Labute approximate surface area is 328 Å². The quantitative estimate of drug-likeness (QED) is 0.223. The Balaban J connectivity index is 1.62. The highest BCUT2D eigenvalue weighted by Crippen LogP contribution is 2.37. The van der Waals surface area contributed by atoms with Crippen LogP contribution < -0.4 is 0 Å². The molecule has 0 aromatic carbocycles. The molecule has 310 valence electrons. The minimum absolute atomic E-state index is 0.0424. The second-order valence-corrected chi connectivity index (χ2v) is 17.3. The number of piperidine rings is 1. The van der Waals surface area contributed by atoms with E-state index in [1.54, 1.807) is 14.0 Å². The Morgan fingerprint density at radius 1 is 0.891 bits per heavy atom. The summed E-state index contributed by atoms with van der Waals surface area (Å²) in [4.78, 5) is 56.7. The van der Waals surface area contributed by atoms with Gasteiger partial charge in [-0.3, -0.25) is 14.4 Å². The van der Waals surface area contributed by atoms with E-state index in [9.17, 15) is 34.5 Å². The summed E-state index contributed by atoms with van der Waals surface area (Å²) in [5.41, 5.74) is 0.934. The lowest BCUT2D eigenvalue weighted by atomic mass is 9.79. The van der Waals surface area contributed by atoms with Crippen LogP contribution in [0.15, 0.2) is 36.0 Å². The second-order valence-electron chi connectivity index (χ2n) is 17.3. The van der Waals surface area contributed by atoms with Crippen LogP contribution in [0.2, 0.25) is 0 Å². The Hall–Kier alpha value is -2.70. The van der Waals surface area contributed by atoms with Crippen LogP contribution in [0.3, 0.4) is 0 Å². The summed E-state index contributed by atoms with van der Waals surface area (Å²) < 4.78 is 18.1. The van der Waals surface area contributed by atoms with Crippen molar-refractivity contribution < 1.29 is 48.7 Å². The average Bonchev–Trinajstić information content (AvgIpc) is 3.16. The molecule has 1 unspecified atom stereocenters. The van der Waals surface area contributed by atoms with Crippen molar-refractivity contribution in [3.8, 4) is 0 Å². The standard InChI is InChI=1S/C44H69NO10/c1-28-12-8-7-9-13-30(3)39(53-6)27-36-22-17-32(5)44(52,55-36)41(49)42(50)45-23-11-10-14-37(45)43(51)54-40(26-35(47)25-38(48)29(2)16-15-28)31(4)24-33-18-20-34(46)21-19-33/h7-9,12-13,28-29,31-37,39-40,46-47,52H,10-11,14-27H2,1-6H3/b9-7+,12-8+,30-13+/t28-,29-,31-,32-,33-,34-,35+,36+,37+,39+,40?,44-/m1/s1. The first kappa shape index (κ1) is 45.0. The zero-order valence-electron chi connectivity index (χ0n) is 34.2. The van der Waals surface area contributed by atoms with Crippen molar-refractivity contribution >= 4 is 23.4 Å². The van der Waals surface area contributed by atoms with Gasteiger partial charge in [-0.1, -0.05) is 58.1 Å². The second kappa shape index (κ2) is 21.2. The predicted molar refractivity (Wildman–Crippen MR) is 209 cm³/mol. The van der Waals surface area contributed by atoms with Crippen molar-refractivity contribution in [2.75, 3.05) is 13.7 Å². The van der Waals surface area contributed by atoms with Crippen molar-refractivity contribution in [2.24, 2.45) is 29.6 Å². The van der Waals surface area contributed by atoms with Gasteiger partial charge in [0.1, 0.15) is 17.9 Å². The average molecular weight is 772 g/mol. The van der Waals surface area contributed by atoms with Gasteiger partial charge in [0.25, 0.3) is 11.7 Å². The van der Waals surface area contributed by atoms with Crippen LogP contribution in [0.5, 0.6) is 0 Å². The molecule has 4 rings (SSSR count). The normalized spacial score (nSPS) is 39.9. The summed E-state index contributed by atoms with van der Waals surface area (Å²) >= 11 is 0. The molecule has 10 atom stereocenters. The molecule has 2 saturated heterocycles. The summed E-state index contributed by atoms with van der Waals surface area (Å²) in [6.45, 7) is 9.77. The van der Waals surface area contributed by atoms with Gasteiger partial charge < -0.3 is 34.4 Å². The zero-order chi connectivity index (χ0) is 40.3. The molecule has 11 heteroatoms. The molecule has 3 aliphatic heterocycles. The van der Waals surface area contributed by atoms with E-state index in [4.69, 9.17) is 14.2 Å². The fraction of sp³-hybridized carbons (Fsp3) is 0.773. The SMILES string of the molecule is CO[C@H]1C[C@@H]2CC[C@@H](C)[C@@](O)(O2)C(=O)C(=O)N2CCCC[C@H]2C(=O)OC([C@H](C)C[C@H]2CC[C@H](O)CC2)C[C@@H](O)CC(=O)[C@H](C)CC[C@H](C)/C=C/C=C/C=C/1C. The minimum atomic E-state index is -2.37. The van der Waals surface area contributed by atoms with Gasteiger partial charge in [-0.15, -0.1) is 0 Å². The van der Waals surface area contributed by atoms with E-state index in [0.717, 1.165) is 31.3 Å². The summed E-state index contributed by atoms with van der Waals surface area (Å²) in [6.07, 6.45) is 15.2. The van der Waals surface area contributed by atoms with Gasteiger partial charge in [0, 0.05) is 44.8 Å². The summed E-state index contributed by atoms with van der Waals surface area (Å²) in [5.74, 6) is -5.65. The van der Waals surface area contributed by atoms with Crippen LogP contribution in [0.4, 0.5) is 0 Å². The van der Waals surface area contributed by atoms with E-state index in [0.29, 0.717) is 63.7 Å². The number of fused-ring (bicyclic) bond motifs is 3. The molecule has 3 fully saturated rings. The van der Waals surface area contributed by atoms with Crippen molar-refractivity contribution in [2.45, 2.75) is 173 Å². The van der Waals surface area contributed by atoms with Crippen LogP contribution in [-0.2, 0) is 33.4 Å². The smallest absolute Gasteiger partial charge is 0.329 e. The van der Waals surface area contributed by atoms with Gasteiger partial charge in [-0.05, 0) is 107 Å². The molecule has 1 saturated carbocycles. The zero-order valence-corrected chi connectivity index (χ0v) is 34.2. The number of Topliss-reactive ketones (excluding diaryl/α,β-unsaturated/α-hetero) is 2. The summed E-state index contributed by atoms with van der Waals surface area (Å²) in [6, 6.07) is -1.05. The van der Waals surface area contributed by atoms with Crippen LogP contribution in [0.25, 0.3) is 0 Å². The monoisotopic (exact) mass is 771 g/mol. The number of hydrogen-bond donors (Lipinski definition) is 3. The number of cyclic esters (lactones) is 1. The molecule has 0 aromatic heterocycles. The first-order chi connectivity index (χ1) is 26.1. The lowest BCUT2D eigenvalue weighted by molar-refractivity contribution is -0.265. The summed E-state index contributed by atoms with van der Waals surface area (Å²) in [7, 11) is 1.60. The number of aliphatic hydroxyl groups excluding tert-OH is 2. The predicted octanol–water partition coefficient (Wildman–Crippen LogP) is 6.17. The fourth-order valence-corrected chi connectivity index (χ4v) is 8.78. The molecular weight excluding hydrogens is 702 g/mol. The molecule has 4 aliphatic rings. The van der Waals surface area contributed by atoms with E-state index >= 15 is 0 Å². The first-order valence-corrected chi connectivity index (χ1v) is 21.0. The molecule has 55 heavy (non-hydrogen) atoms. The molecule has 11 nitrogen and oxygen atoms in total. The minimum Gasteiger partial charge on any atom is -0.460 e. The fourth-order valence-electron chi connectivity index (χ4n) is 8.78. The number of ether oxygens (including phenoxy) is 3. The third-order valence-electron chi connectivity index (χ3n) is 12.8. The molecule has 0 spiro atoms.